The maximum absolute atomic E-state index is 11.7. The van der Waals surface area contributed by atoms with E-state index >= 15 is 0 Å². The van der Waals surface area contributed by atoms with E-state index in [0.29, 0.717) is 25.8 Å². The summed E-state index contributed by atoms with van der Waals surface area (Å²) in [6, 6.07) is -1.20. The van der Waals surface area contributed by atoms with E-state index in [1.54, 1.807) is 0 Å². The number of carboxylic acids is 1. The third-order valence-electron chi connectivity index (χ3n) is 2.77. The molecule has 18 heavy (non-hydrogen) atoms. The van der Waals surface area contributed by atoms with Crippen LogP contribution in [0.15, 0.2) is 0 Å². The van der Waals surface area contributed by atoms with Crippen LogP contribution in [0.2, 0.25) is 0 Å². The Balaban J connectivity index is 2.35. The minimum Gasteiger partial charge on any atom is -0.480 e. The SMILES string of the molecule is CS(=O)(=O)CCCNC(=O)N1CCC[C@@H]1C(=O)O. The van der Waals surface area contributed by atoms with Gasteiger partial charge in [-0.3, -0.25) is 0 Å². The summed E-state index contributed by atoms with van der Waals surface area (Å²) < 4.78 is 21.7. The number of urea groups is 1. The second-order valence-corrected chi connectivity index (χ2v) is 6.66. The minimum absolute atomic E-state index is 0.00956. The van der Waals surface area contributed by atoms with Crippen molar-refractivity contribution in [2.45, 2.75) is 25.3 Å². The van der Waals surface area contributed by atoms with Crippen LogP contribution in [0.25, 0.3) is 0 Å². The standard InChI is InChI=1S/C10H18N2O5S/c1-18(16,17)7-3-5-11-10(15)12-6-2-4-8(12)9(13)14/h8H,2-7H2,1H3,(H,11,15)(H,13,14)/t8-/m1/s1. The molecule has 0 aliphatic carbocycles. The number of sulfone groups is 1. The van der Waals surface area contributed by atoms with Crippen molar-refractivity contribution in [1.29, 1.82) is 0 Å². The Morgan fingerprint density at radius 3 is 2.67 bits per heavy atom. The van der Waals surface area contributed by atoms with Gasteiger partial charge in [-0.25, -0.2) is 18.0 Å². The molecule has 0 bridgehead atoms. The van der Waals surface area contributed by atoms with Gasteiger partial charge in [-0.15, -0.1) is 0 Å². The van der Waals surface area contributed by atoms with Crippen molar-refractivity contribution in [3.63, 3.8) is 0 Å². The zero-order valence-corrected chi connectivity index (χ0v) is 11.1. The van der Waals surface area contributed by atoms with Gasteiger partial charge in [-0.2, -0.15) is 0 Å². The summed E-state index contributed by atoms with van der Waals surface area (Å²) in [6.45, 7) is 0.656. The molecule has 0 aromatic heterocycles. The summed E-state index contributed by atoms with van der Waals surface area (Å²) in [7, 11) is -3.02. The molecule has 0 aromatic rings. The van der Waals surface area contributed by atoms with Crippen LogP contribution in [-0.4, -0.2) is 61.6 Å². The molecule has 0 radical (unpaired) electrons. The van der Waals surface area contributed by atoms with E-state index in [4.69, 9.17) is 5.11 Å². The van der Waals surface area contributed by atoms with Crippen molar-refractivity contribution >= 4 is 21.8 Å². The van der Waals surface area contributed by atoms with Crippen molar-refractivity contribution in [1.82, 2.24) is 10.2 Å². The summed E-state index contributed by atoms with van der Waals surface area (Å²) >= 11 is 0. The van der Waals surface area contributed by atoms with Crippen LogP contribution in [-0.2, 0) is 14.6 Å². The van der Waals surface area contributed by atoms with Gasteiger partial charge < -0.3 is 15.3 Å². The van der Waals surface area contributed by atoms with Crippen molar-refractivity contribution in [3.05, 3.63) is 0 Å². The summed E-state index contributed by atoms with van der Waals surface area (Å²) in [5, 5.41) is 11.5. The Kier molecular flexibility index (Phi) is 4.94. The Hall–Kier alpha value is -1.31. The Labute approximate surface area is 106 Å². The van der Waals surface area contributed by atoms with E-state index in [0.717, 1.165) is 6.26 Å². The number of hydrogen-bond acceptors (Lipinski definition) is 4. The normalized spacial score (nSPS) is 19.8. The predicted octanol–water partition coefficient (Wildman–Crippen LogP) is -0.320. The van der Waals surface area contributed by atoms with E-state index in [-0.39, 0.29) is 12.3 Å². The molecule has 1 saturated heterocycles. The summed E-state index contributed by atoms with van der Waals surface area (Å²) in [5.74, 6) is -0.992. The topological polar surface area (TPSA) is 104 Å². The third kappa shape index (κ3) is 4.52. The first-order chi connectivity index (χ1) is 8.31. The van der Waals surface area contributed by atoms with Gasteiger partial charge in [0.05, 0.1) is 5.75 Å². The van der Waals surface area contributed by atoms with Gasteiger partial charge in [0.15, 0.2) is 0 Å². The fourth-order valence-electron chi connectivity index (χ4n) is 1.90. The molecule has 7 nitrogen and oxygen atoms in total. The molecule has 1 rings (SSSR count). The molecule has 0 spiro atoms. The van der Waals surface area contributed by atoms with Gasteiger partial charge in [0, 0.05) is 19.3 Å². The number of likely N-dealkylation sites (tertiary alicyclic amines) is 1. The summed E-state index contributed by atoms with van der Waals surface area (Å²) in [6.07, 6.45) is 2.60. The first-order valence-electron chi connectivity index (χ1n) is 5.76. The van der Waals surface area contributed by atoms with Crippen molar-refractivity contribution in [2.75, 3.05) is 25.1 Å². The zero-order chi connectivity index (χ0) is 13.8. The van der Waals surface area contributed by atoms with Gasteiger partial charge in [0.1, 0.15) is 15.9 Å². The largest absolute Gasteiger partial charge is 0.480 e. The number of aliphatic carboxylic acids is 1. The molecule has 1 heterocycles. The van der Waals surface area contributed by atoms with Gasteiger partial charge in [-0.05, 0) is 19.3 Å². The lowest BCUT2D eigenvalue weighted by molar-refractivity contribution is -0.141. The molecule has 104 valence electrons. The van der Waals surface area contributed by atoms with Crippen LogP contribution >= 0.6 is 0 Å². The van der Waals surface area contributed by atoms with Crippen LogP contribution < -0.4 is 5.32 Å². The van der Waals surface area contributed by atoms with Crippen molar-refractivity contribution in [3.8, 4) is 0 Å². The summed E-state index contributed by atoms with van der Waals surface area (Å²) in [5.41, 5.74) is 0. The highest BCUT2D eigenvalue weighted by atomic mass is 32.2. The van der Waals surface area contributed by atoms with Gasteiger partial charge in [0.2, 0.25) is 0 Å². The summed E-state index contributed by atoms with van der Waals surface area (Å²) in [4.78, 5) is 23.8. The van der Waals surface area contributed by atoms with Gasteiger partial charge in [-0.1, -0.05) is 0 Å². The number of nitrogens with zero attached hydrogens (tertiary/aromatic N) is 1. The molecule has 1 aliphatic rings. The average Bonchev–Trinajstić information content (AvgIpc) is 2.71. The van der Waals surface area contributed by atoms with E-state index in [1.807, 2.05) is 0 Å². The van der Waals surface area contributed by atoms with E-state index < -0.39 is 27.9 Å². The highest BCUT2D eigenvalue weighted by Gasteiger charge is 2.33. The monoisotopic (exact) mass is 278 g/mol. The quantitative estimate of drug-likeness (QED) is 0.671. The van der Waals surface area contributed by atoms with Crippen LogP contribution in [0.5, 0.6) is 0 Å². The first-order valence-corrected chi connectivity index (χ1v) is 7.82. The molecule has 8 heteroatoms. The third-order valence-corrected chi connectivity index (χ3v) is 3.80. The lowest BCUT2D eigenvalue weighted by atomic mass is 10.2. The van der Waals surface area contributed by atoms with Crippen LogP contribution in [0.3, 0.4) is 0 Å². The molecule has 0 saturated carbocycles. The highest BCUT2D eigenvalue weighted by Crippen LogP contribution is 2.17. The fraction of sp³-hybridized carbons (Fsp3) is 0.800. The molecule has 2 amide bonds. The lowest BCUT2D eigenvalue weighted by Gasteiger charge is -2.21. The maximum Gasteiger partial charge on any atom is 0.326 e. The second kappa shape index (κ2) is 6.03. The number of amides is 2. The Morgan fingerprint density at radius 2 is 2.11 bits per heavy atom. The molecular formula is C10H18N2O5S. The van der Waals surface area contributed by atoms with Crippen molar-refractivity contribution in [2.24, 2.45) is 0 Å². The number of carbonyl (C=O) groups excluding carboxylic acids is 1. The number of nitrogens with one attached hydrogen (secondary N) is 1. The lowest BCUT2D eigenvalue weighted by Crippen LogP contribution is -2.46. The molecule has 1 atom stereocenters. The number of carboxylic acid groups (broad SMARTS) is 1. The molecular weight excluding hydrogens is 260 g/mol. The molecule has 2 N–H and O–H groups in total. The highest BCUT2D eigenvalue weighted by molar-refractivity contribution is 7.90. The molecule has 0 unspecified atom stereocenters. The first kappa shape index (κ1) is 14.7. The van der Waals surface area contributed by atoms with E-state index in [9.17, 15) is 18.0 Å². The number of carbonyl (C=O) groups is 2. The maximum atomic E-state index is 11.7. The van der Waals surface area contributed by atoms with E-state index in [2.05, 4.69) is 5.32 Å². The van der Waals surface area contributed by atoms with Crippen LogP contribution in [0.4, 0.5) is 4.79 Å². The fourth-order valence-corrected chi connectivity index (χ4v) is 2.57. The van der Waals surface area contributed by atoms with Crippen molar-refractivity contribution < 1.29 is 23.1 Å². The number of hydrogen-bond donors (Lipinski definition) is 2. The second-order valence-electron chi connectivity index (χ2n) is 4.41. The van der Waals surface area contributed by atoms with Gasteiger partial charge >= 0.3 is 12.0 Å². The van der Waals surface area contributed by atoms with E-state index in [1.165, 1.54) is 4.90 Å². The smallest absolute Gasteiger partial charge is 0.326 e. The van der Waals surface area contributed by atoms with Gasteiger partial charge in [0.25, 0.3) is 0 Å². The number of rotatable bonds is 5. The molecule has 1 fully saturated rings. The molecule has 1 aliphatic heterocycles. The minimum atomic E-state index is -3.02. The average molecular weight is 278 g/mol. The van der Waals surface area contributed by atoms with Crippen LogP contribution in [0, 0.1) is 0 Å². The Morgan fingerprint density at radius 1 is 1.44 bits per heavy atom. The molecule has 0 aromatic carbocycles. The Bertz CT molecular complexity index is 420. The van der Waals surface area contributed by atoms with Crippen LogP contribution in [0.1, 0.15) is 19.3 Å². The zero-order valence-electron chi connectivity index (χ0n) is 10.3. The predicted molar refractivity (Wildman–Crippen MR) is 65.1 cm³/mol.